The highest BCUT2D eigenvalue weighted by molar-refractivity contribution is 5.28. The molecule has 4 nitrogen and oxygen atoms in total. The van der Waals surface area contributed by atoms with Gasteiger partial charge in [0.25, 0.3) is 5.56 Å². The Bertz CT molecular complexity index is 690. The summed E-state index contributed by atoms with van der Waals surface area (Å²) in [5.74, 6) is 0. The van der Waals surface area contributed by atoms with E-state index >= 15 is 0 Å². The van der Waals surface area contributed by atoms with Gasteiger partial charge in [-0.3, -0.25) is 9.78 Å². The van der Waals surface area contributed by atoms with E-state index in [0.29, 0.717) is 6.54 Å². The molecule has 0 saturated heterocycles. The molecule has 0 radical (unpaired) electrons. The molecule has 3 rings (SSSR count). The van der Waals surface area contributed by atoms with E-state index in [0.717, 1.165) is 41.8 Å². The molecule has 0 spiro atoms. The molecule has 104 valence electrons. The first kappa shape index (κ1) is 13.1. The fourth-order valence-electron chi connectivity index (χ4n) is 2.90. The molecule has 1 atom stereocenters. The van der Waals surface area contributed by atoms with Gasteiger partial charge in [-0.15, -0.1) is 0 Å². The number of hydrogen-bond donors (Lipinski definition) is 1. The van der Waals surface area contributed by atoms with Gasteiger partial charge in [-0.1, -0.05) is 12.1 Å². The average molecular weight is 269 g/mol. The van der Waals surface area contributed by atoms with Crippen LogP contribution in [0.25, 0.3) is 0 Å². The van der Waals surface area contributed by atoms with Gasteiger partial charge >= 0.3 is 0 Å². The van der Waals surface area contributed by atoms with Gasteiger partial charge in [0.2, 0.25) is 0 Å². The highest BCUT2D eigenvalue weighted by Crippen LogP contribution is 2.27. The molecule has 0 aromatic carbocycles. The summed E-state index contributed by atoms with van der Waals surface area (Å²) in [7, 11) is 0. The number of pyridine rings is 2. The minimum absolute atomic E-state index is 0.0305. The lowest BCUT2D eigenvalue weighted by molar-refractivity contribution is 0.527. The first-order valence-corrected chi connectivity index (χ1v) is 7.05. The normalized spacial score (nSPS) is 17.8. The van der Waals surface area contributed by atoms with Crippen LogP contribution in [0.4, 0.5) is 0 Å². The van der Waals surface area contributed by atoms with Crippen LogP contribution in [-0.4, -0.2) is 9.55 Å². The van der Waals surface area contributed by atoms with Crippen molar-refractivity contribution in [2.45, 2.75) is 38.8 Å². The van der Waals surface area contributed by atoms with E-state index in [2.05, 4.69) is 4.98 Å². The zero-order valence-corrected chi connectivity index (χ0v) is 11.7. The monoisotopic (exact) mass is 269 g/mol. The van der Waals surface area contributed by atoms with Crippen LogP contribution < -0.4 is 11.3 Å². The SMILES string of the molecule is Cc1cccnc1Cn1c2c(ccc1=O)C(N)CCC2. The molecule has 2 heterocycles. The molecule has 0 saturated carbocycles. The maximum atomic E-state index is 12.2. The summed E-state index contributed by atoms with van der Waals surface area (Å²) in [6.45, 7) is 2.55. The van der Waals surface area contributed by atoms with Crippen molar-refractivity contribution >= 4 is 0 Å². The number of nitrogens with zero attached hydrogens (tertiary/aromatic N) is 2. The third-order valence-corrected chi connectivity index (χ3v) is 4.08. The van der Waals surface area contributed by atoms with Gasteiger partial charge in [-0.2, -0.15) is 0 Å². The molecule has 4 heteroatoms. The minimum Gasteiger partial charge on any atom is -0.324 e. The van der Waals surface area contributed by atoms with E-state index < -0.39 is 0 Å². The second-order valence-corrected chi connectivity index (χ2v) is 5.43. The predicted molar refractivity (Wildman–Crippen MR) is 78.6 cm³/mol. The van der Waals surface area contributed by atoms with Crippen LogP contribution in [0.5, 0.6) is 0 Å². The van der Waals surface area contributed by atoms with Gasteiger partial charge < -0.3 is 10.3 Å². The van der Waals surface area contributed by atoms with Crippen molar-refractivity contribution in [1.29, 1.82) is 0 Å². The number of nitrogens with two attached hydrogens (primary N) is 1. The predicted octanol–water partition coefficient (Wildman–Crippen LogP) is 1.94. The Morgan fingerprint density at radius 2 is 2.25 bits per heavy atom. The number of aromatic nitrogens is 2. The minimum atomic E-state index is 0.0305. The Morgan fingerprint density at radius 1 is 1.40 bits per heavy atom. The van der Waals surface area contributed by atoms with Crippen molar-refractivity contribution < 1.29 is 0 Å². The fraction of sp³-hybridized carbons (Fsp3) is 0.375. The maximum Gasteiger partial charge on any atom is 0.251 e. The fourth-order valence-corrected chi connectivity index (χ4v) is 2.90. The first-order chi connectivity index (χ1) is 9.66. The molecular weight excluding hydrogens is 250 g/mol. The lowest BCUT2D eigenvalue weighted by Gasteiger charge is -2.25. The molecule has 0 fully saturated rings. The molecule has 1 unspecified atom stereocenters. The van der Waals surface area contributed by atoms with E-state index in [1.165, 1.54) is 0 Å². The Balaban J connectivity index is 2.08. The van der Waals surface area contributed by atoms with Gasteiger partial charge in [-0.05, 0) is 43.4 Å². The smallest absolute Gasteiger partial charge is 0.251 e. The Labute approximate surface area is 118 Å². The van der Waals surface area contributed by atoms with Crippen molar-refractivity contribution in [3.8, 4) is 0 Å². The third kappa shape index (κ3) is 2.27. The molecule has 0 bridgehead atoms. The highest BCUT2D eigenvalue weighted by atomic mass is 16.1. The molecular formula is C16H19N3O. The molecule has 0 aliphatic heterocycles. The van der Waals surface area contributed by atoms with Crippen molar-refractivity contribution in [2.75, 3.05) is 0 Å². The van der Waals surface area contributed by atoms with Gasteiger partial charge in [0, 0.05) is 24.0 Å². The van der Waals surface area contributed by atoms with E-state index in [1.54, 1.807) is 12.3 Å². The second-order valence-electron chi connectivity index (χ2n) is 5.43. The largest absolute Gasteiger partial charge is 0.324 e. The van der Waals surface area contributed by atoms with E-state index in [9.17, 15) is 4.79 Å². The van der Waals surface area contributed by atoms with Crippen molar-refractivity contribution in [2.24, 2.45) is 5.73 Å². The Kier molecular flexibility index (Phi) is 3.40. The Morgan fingerprint density at radius 3 is 3.05 bits per heavy atom. The summed E-state index contributed by atoms with van der Waals surface area (Å²) in [6, 6.07) is 7.51. The van der Waals surface area contributed by atoms with Gasteiger partial charge in [0.1, 0.15) is 0 Å². The van der Waals surface area contributed by atoms with E-state index in [4.69, 9.17) is 5.73 Å². The molecule has 1 aliphatic carbocycles. The number of rotatable bonds is 2. The van der Waals surface area contributed by atoms with Gasteiger partial charge in [0.05, 0.1) is 12.2 Å². The van der Waals surface area contributed by atoms with Gasteiger partial charge in [-0.25, -0.2) is 0 Å². The molecule has 20 heavy (non-hydrogen) atoms. The lowest BCUT2D eigenvalue weighted by Crippen LogP contribution is -2.30. The van der Waals surface area contributed by atoms with E-state index in [1.807, 2.05) is 29.7 Å². The zero-order chi connectivity index (χ0) is 14.1. The highest BCUT2D eigenvalue weighted by Gasteiger charge is 2.20. The summed E-state index contributed by atoms with van der Waals surface area (Å²) >= 11 is 0. The van der Waals surface area contributed by atoms with Crippen molar-refractivity contribution in [3.63, 3.8) is 0 Å². The molecule has 2 aromatic heterocycles. The second kappa shape index (κ2) is 5.21. The molecule has 2 aromatic rings. The van der Waals surface area contributed by atoms with Crippen LogP contribution in [0.15, 0.2) is 35.3 Å². The maximum absolute atomic E-state index is 12.2. The summed E-state index contributed by atoms with van der Waals surface area (Å²) < 4.78 is 1.84. The summed E-state index contributed by atoms with van der Waals surface area (Å²) in [5.41, 5.74) is 10.4. The quantitative estimate of drug-likeness (QED) is 0.906. The topological polar surface area (TPSA) is 60.9 Å². The van der Waals surface area contributed by atoms with Crippen LogP contribution in [0, 0.1) is 6.92 Å². The number of hydrogen-bond acceptors (Lipinski definition) is 3. The van der Waals surface area contributed by atoms with E-state index in [-0.39, 0.29) is 11.6 Å². The summed E-state index contributed by atoms with van der Waals surface area (Å²) in [6.07, 6.45) is 4.73. The van der Waals surface area contributed by atoms with Crippen LogP contribution in [-0.2, 0) is 13.0 Å². The third-order valence-electron chi connectivity index (χ3n) is 4.08. The summed E-state index contributed by atoms with van der Waals surface area (Å²) in [4.78, 5) is 16.6. The number of aryl methyl sites for hydroxylation is 1. The first-order valence-electron chi connectivity index (χ1n) is 7.05. The molecule has 1 aliphatic rings. The Hall–Kier alpha value is -1.94. The standard InChI is InChI=1S/C16H19N3O/c1-11-4-3-9-18-14(11)10-19-15-6-2-5-13(17)12(15)7-8-16(19)20/h3-4,7-9,13H,2,5-6,10,17H2,1H3. The zero-order valence-electron chi connectivity index (χ0n) is 11.7. The van der Waals surface area contributed by atoms with Crippen molar-refractivity contribution in [3.05, 3.63) is 63.3 Å². The van der Waals surface area contributed by atoms with Gasteiger partial charge in [0.15, 0.2) is 0 Å². The van der Waals surface area contributed by atoms with Crippen LogP contribution in [0.1, 0.15) is 41.4 Å². The average Bonchev–Trinajstić information content (AvgIpc) is 2.44. The van der Waals surface area contributed by atoms with Crippen LogP contribution in [0.3, 0.4) is 0 Å². The number of fused-ring (bicyclic) bond motifs is 1. The summed E-state index contributed by atoms with van der Waals surface area (Å²) in [5, 5.41) is 0. The lowest BCUT2D eigenvalue weighted by atomic mass is 9.91. The van der Waals surface area contributed by atoms with Crippen LogP contribution in [0.2, 0.25) is 0 Å². The van der Waals surface area contributed by atoms with Crippen LogP contribution >= 0.6 is 0 Å². The van der Waals surface area contributed by atoms with Crippen molar-refractivity contribution in [1.82, 2.24) is 9.55 Å². The molecule has 0 amide bonds. The molecule has 2 N–H and O–H groups in total.